The van der Waals surface area contributed by atoms with Crippen molar-refractivity contribution in [1.29, 1.82) is 0 Å². The van der Waals surface area contributed by atoms with E-state index >= 15 is 0 Å². The predicted octanol–water partition coefficient (Wildman–Crippen LogP) is 3.25. The van der Waals surface area contributed by atoms with Crippen molar-refractivity contribution in [2.45, 2.75) is 26.2 Å². The van der Waals surface area contributed by atoms with E-state index in [1.807, 2.05) is 13.8 Å². The van der Waals surface area contributed by atoms with Crippen LogP contribution in [-0.2, 0) is 0 Å². The van der Waals surface area contributed by atoms with Gasteiger partial charge in [0, 0.05) is 12.1 Å². The van der Waals surface area contributed by atoms with Crippen molar-refractivity contribution < 1.29 is 9.31 Å². The Bertz CT molecular complexity index is 352. The maximum absolute atomic E-state index is 13.2. The van der Waals surface area contributed by atoms with Gasteiger partial charge in [-0.1, -0.05) is 13.8 Å². The predicted molar refractivity (Wildman–Crippen MR) is 51.8 cm³/mol. The maximum atomic E-state index is 13.2. The van der Waals surface area contributed by atoms with Crippen LogP contribution in [0.15, 0.2) is 18.2 Å². The van der Waals surface area contributed by atoms with Crippen LogP contribution in [0.5, 0.6) is 0 Å². The molecular formula is C10H12FNO2. The minimum Gasteiger partial charge on any atom is -0.258 e. The number of non-ortho nitro benzene ring substituents is 1. The Labute approximate surface area is 81.7 Å². The molecule has 4 heteroatoms. The molecule has 0 aliphatic carbocycles. The zero-order valence-electron chi connectivity index (χ0n) is 8.16. The third kappa shape index (κ3) is 2.07. The number of halogens is 1. The fraction of sp³-hybridized carbons (Fsp3) is 0.400. The molecule has 0 radical (unpaired) electrons. The Kier molecular flexibility index (Phi) is 3.17. The Morgan fingerprint density at radius 1 is 1.57 bits per heavy atom. The zero-order valence-corrected chi connectivity index (χ0v) is 8.16. The summed E-state index contributed by atoms with van der Waals surface area (Å²) in [6, 6.07) is 3.64. The van der Waals surface area contributed by atoms with E-state index in [9.17, 15) is 14.5 Å². The van der Waals surface area contributed by atoms with E-state index in [-0.39, 0.29) is 17.4 Å². The summed E-state index contributed by atoms with van der Waals surface area (Å²) in [4.78, 5) is 9.95. The molecule has 0 aliphatic heterocycles. The Morgan fingerprint density at radius 2 is 2.21 bits per heavy atom. The molecule has 3 nitrogen and oxygen atoms in total. The Morgan fingerprint density at radius 3 is 2.71 bits per heavy atom. The number of hydrogen-bond donors (Lipinski definition) is 0. The molecule has 0 heterocycles. The summed E-state index contributed by atoms with van der Waals surface area (Å²) >= 11 is 0. The van der Waals surface area contributed by atoms with Gasteiger partial charge in [-0.05, 0) is 24.0 Å². The van der Waals surface area contributed by atoms with Gasteiger partial charge in [-0.3, -0.25) is 10.1 Å². The molecule has 0 fully saturated rings. The fourth-order valence-electron chi connectivity index (χ4n) is 1.24. The maximum Gasteiger partial charge on any atom is 0.269 e. The van der Waals surface area contributed by atoms with Crippen molar-refractivity contribution in [1.82, 2.24) is 0 Å². The normalized spacial score (nSPS) is 12.5. The lowest BCUT2D eigenvalue weighted by Gasteiger charge is -2.09. The lowest BCUT2D eigenvalue weighted by atomic mass is 9.98. The van der Waals surface area contributed by atoms with Crippen molar-refractivity contribution in [3.63, 3.8) is 0 Å². The van der Waals surface area contributed by atoms with E-state index in [0.29, 0.717) is 5.56 Å². The second-order valence-electron chi connectivity index (χ2n) is 3.27. The van der Waals surface area contributed by atoms with Gasteiger partial charge >= 0.3 is 0 Å². The number of benzene rings is 1. The second-order valence-corrected chi connectivity index (χ2v) is 3.27. The first-order valence-electron chi connectivity index (χ1n) is 4.50. The quantitative estimate of drug-likeness (QED) is 0.551. The first-order valence-corrected chi connectivity index (χ1v) is 4.50. The third-order valence-electron chi connectivity index (χ3n) is 2.33. The first kappa shape index (κ1) is 10.6. The number of nitro groups is 1. The first-order chi connectivity index (χ1) is 6.56. The highest BCUT2D eigenvalue weighted by Crippen LogP contribution is 2.25. The number of hydrogen-bond acceptors (Lipinski definition) is 2. The molecule has 1 aromatic rings. The molecule has 14 heavy (non-hydrogen) atoms. The van der Waals surface area contributed by atoms with E-state index in [0.717, 1.165) is 12.5 Å². The largest absolute Gasteiger partial charge is 0.269 e. The van der Waals surface area contributed by atoms with Crippen LogP contribution >= 0.6 is 0 Å². The molecule has 0 spiro atoms. The number of nitrogens with zero attached hydrogens (tertiary/aromatic N) is 1. The average molecular weight is 197 g/mol. The van der Waals surface area contributed by atoms with Crippen LogP contribution in [0.4, 0.5) is 10.1 Å². The van der Waals surface area contributed by atoms with Crippen LogP contribution in [0.25, 0.3) is 0 Å². The molecule has 0 bridgehead atoms. The molecule has 0 amide bonds. The van der Waals surface area contributed by atoms with Gasteiger partial charge in [0.2, 0.25) is 0 Å². The van der Waals surface area contributed by atoms with Gasteiger partial charge in [0.05, 0.1) is 4.92 Å². The monoisotopic (exact) mass is 197 g/mol. The molecule has 0 aromatic heterocycles. The van der Waals surface area contributed by atoms with Crippen LogP contribution in [0, 0.1) is 15.9 Å². The highest BCUT2D eigenvalue weighted by molar-refractivity contribution is 5.36. The summed E-state index contributed by atoms with van der Waals surface area (Å²) in [5.41, 5.74) is 0.364. The molecule has 0 saturated heterocycles. The summed E-state index contributed by atoms with van der Waals surface area (Å²) in [7, 11) is 0. The van der Waals surface area contributed by atoms with Crippen molar-refractivity contribution in [2.24, 2.45) is 0 Å². The number of rotatable bonds is 3. The van der Waals surface area contributed by atoms with Gasteiger partial charge < -0.3 is 0 Å². The van der Waals surface area contributed by atoms with Gasteiger partial charge in [-0.2, -0.15) is 0 Å². The molecule has 0 N–H and O–H groups in total. The SMILES string of the molecule is CCC(C)c1cc([N+](=O)[O-])ccc1F. The minimum atomic E-state index is -0.509. The van der Waals surface area contributed by atoms with Crippen molar-refractivity contribution in [2.75, 3.05) is 0 Å². The summed E-state index contributed by atoms with van der Waals surface area (Å²) in [5.74, 6) is -0.361. The smallest absolute Gasteiger partial charge is 0.258 e. The third-order valence-corrected chi connectivity index (χ3v) is 2.33. The summed E-state index contributed by atoms with van der Waals surface area (Å²) in [6.45, 7) is 3.77. The molecule has 1 atom stereocenters. The van der Waals surface area contributed by atoms with Crippen LogP contribution < -0.4 is 0 Å². The van der Waals surface area contributed by atoms with Crippen molar-refractivity contribution in [3.8, 4) is 0 Å². The van der Waals surface area contributed by atoms with E-state index in [1.165, 1.54) is 12.1 Å². The van der Waals surface area contributed by atoms with Crippen LogP contribution in [0.3, 0.4) is 0 Å². The topological polar surface area (TPSA) is 43.1 Å². The second kappa shape index (κ2) is 4.17. The summed E-state index contributed by atoms with van der Waals surface area (Å²) in [5, 5.41) is 10.5. The molecule has 1 aromatic carbocycles. The van der Waals surface area contributed by atoms with E-state index in [2.05, 4.69) is 0 Å². The van der Waals surface area contributed by atoms with Crippen LogP contribution in [0.1, 0.15) is 31.7 Å². The minimum absolute atomic E-state index is 0.00917. The zero-order chi connectivity index (χ0) is 10.7. The lowest BCUT2D eigenvalue weighted by molar-refractivity contribution is -0.385. The molecule has 0 aliphatic rings. The highest BCUT2D eigenvalue weighted by Gasteiger charge is 2.14. The van der Waals surface area contributed by atoms with E-state index in [1.54, 1.807) is 0 Å². The van der Waals surface area contributed by atoms with Crippen molar-refractivity contribution >= 4 is 5.69 Å². The Hall–Kier alpha value is -1.45. The molecule has 1 rings (SSSR count). The fourth-order valence-corrected chi connectivity index (χ4v) is 1.24. The highest BCUT2D eigenvalue weighted by atomic mass is 19.1. The standard InChI is InChI=1S/C10H12FNO2/c1-3-7(2)9-6-8(12(13)14)4-5-10(9)11/h4-7H,3H2,1-2H3. The number of nitro benzene ring substituents is 1. The van der Waals surface area contributed by atoms with Gasteiger partial charge in [-0.25, -0.2) is 4.39 Å². The van der Waals surface area contributed by atoms with Gasteiger partial charge in [0.1, 0.15) is 5.82 Å². The van der Waals surface area contributed by atoms with E-state index < -0.39 is 4.92 Å². The molecular weight excluding hydrogens is 185 g/mol. The van der Waals surface area contributed by atoms with Crippen molar-refractivity contribution in [3.05, 3.63) is 39.7 Å². The van der Waals surface area contributed by atoms with Gasteiger partial charge in [0.15, 0.2) is 0 Å². The van der Waals surface area contributed by atoms with Gasteiger partial charge in [0.25, 0.3) is 5.69 Å². The Balaban J connectivity index is 3.14. The lowest BCUT2D eigenvalue weighted by Crippen LogP contribution is -1.98. The summed E-state index contributed by atoms with van der Waals surface area (Å²) < 4.78 is 13.2. The van der Waals surface area contributed by atoms with E-state index in [4.69, 9.17) is 0 Å². The summed E-state index contributed by atoms with van der Waals surface area (Å²) in [6.07, 6.45) is 0.762. The average Bonchev–Trinajstić information content (AvgIpc) is 2.17. The molecule has 0 saturated carbocycles. The van der Waals surface area contributed by atoms with Crippen LogP contribution in [-0.4, -0.2) is 4.92 Å². The molecule has 76 valence electrons. The molecule has 1 unspecified atom stereocenters. The van der Waals surface area contributed by atoms with Crippen LogP contribution in [0.2, 0.25) is 0 Å². The van der Waals surface area contributed by atoms with Gasteiger partial charge in [-0.15, -0.1) is 0 Å².